The molecule has 0 atom stereocenters. The number of anilines is 1. The Morgan fingerprint density at radius 3 is 2.40 bits per heavy atom. The summed E-state index contributed by atoms with van der Waals surface area (Å²) < 4.78 is 1.73. The van der Waals surface area contributed by atoms with Gasteiger partial charge in [0.15, 0.2) is 0 Å². The van der Waals surface area contributed by atoms with Crippen molar-refractivity contribution in [1.82, 2.24) is 25.1 Å². The van der Waals surface area contributed by atoms with Crippen LogP contribution in [0.2, 0.25) is 0 Å². The average Bonchev–Trinajstić information content (AvgIpc) is 2.99. The number of carbonyl (C=O) groups excluding carboxylic acids is 1. The van der Waals surface area contributed by atoms with Crippen LogP contribution in [0, 0.1) is 27.7 Å². The summed E-state index contributed by atoms with van der Waals surface area (Å²) >= 11 is 0. The number of hydrogen-bond donors (Lipinski definition) is 1. The van der Waals surface area contributed by atoms with Gasteiger partial charge < -0.3 is 10.2 Å². The Hall–Kier alpha value is -3.22. The molecule has 158 valence electrons. The van der Waals surface area contributed by atoms with Gasteiger partial charge in [0, 0.05) is 48.5 Å². The number of nitrogens with one attached hydrogen (secondary N) is 1. The third kappa shape index (κ3) is 5.23. The van der Waals surface area contributed by atoms with E-state index in [-0.39, 0.29) is 5.91 Å². The molecule has 0 aliphatic heterocycles. The third-order valence-corrected chi connectivity index (χ3v) is 5.13. The number of rotatable bonds is 8. The van der Waals surface area contributed by atoms with Crippen LogP contribution in [0.3, 0.4) is 0 Å². The summed E-state index contributed by atoms with van der Waals surface area (Å²) in [4.78, 5) is 23.7. The fraction of sp³-hybridized carbons (Fsp3) is 0.391. The molecule has 1 N–H and O–H groups in total. The van der Waals surface area contributed by atoms with Gasteiger partial charge in [0.1, 0.15) is 0 Å². The lowest BCUT2D eigenvalue weighted by Crippen LogP contribution is -2.29. The van der Waals surface area contributed by atoms with Gasteiger partial charge in [0.2, 0.25) is 5.91 Å². The average molecular weight is 407 g/mol. The molecule has 2 aromatic heterocycles. The minimum atomic E-state index is 0.00413. The largest absolute Gasteiger partial charge is 0.375 e. The Morgan fingerprint density at radius 1 is 1.07 bits per heavy atom. The molecular weight excluding hydrogens is 376 g/mol. The molecular formula is C23H30N6O. The topological polar surface area (TPSA) is 75.9 Å². The van der Waals surface area contributed by atoms with Crippen LogP contribution >= 0.6 is 0 Å². The van der Waals surface area contributed by atoms with Crippen LogP contribution in [0.15, 0.2) is 36.4 Å². The monoisotopic (exact) mass is 406 g/mol. The zero-order valence-corrected chi connectivity index (χ0v) is 18.4. The molecule has 0 saturated heterocycles. The smallest absolute Gasteiger partial charge is 0.251 e. The molecule has 0 saturated carbocycles. The molecule has 7 heteroatoms. The van der Waals surface area contributed by atoms with E-state index in [9.17, 15) is 4.79 Å². The fourth-order valence-corrected chi connectivity index (χ4v) is 3.51. The second-order valence-corrected chi connectivity index (χ2v) is 7.65. The van der Waals surface area contributed by atoms with E-state index in [1.54, 1.807) is 4.68 Å². The number of benzene rings is 1. The molecule has 0 unspecified atom stereocenters. The highest BCUT2D eigenvalue weighted by molar-refractivity contribution is 5.79. The van der Waals surface area contributed by atoms with Gasteiger partial charge >= 0.3 is 0 Å². The van der Waals surface area contributed by atoms with Crippen molar-refractivity contribution in [2.75, 3.05) is 25.0 Å². The van der Waals surface area contributed by atoms with Gasteiger partial charge in [0.25, 0.3) is 5.95 Å². The Balaban J connectivity index is 1.56. The molecule has 1 amide bonds. The quantitative estimate of drug-likeness (QED) is 0.582. The first-order valence-electron chi connectivity index (χ1n) is 10.3. The molecule has 0 aliphatic rings. The Labute approximate surface area is 178 Å². The number of hydrogen-bond acceptors (Lipinski definition) is 5. The highest BCUT2D eigenvalue weighted by Gasteiger charge is 2.17. The summed E-state index contributed by atoms with van der Waals surface area (Å²) in [6.07, 6.45) is 1.18. The van der Waals surface area contributed by atoms with Crippen LogP contribution in [0.25, 0.3) is 5.95 Å². The van der Waals surface area contributed by atoms with Crippen molar-refractivity contribution in [3.63, 3.8) is 0 Å². The van der Waals surface area contributed by atoms with Crippen molar-refractivity contribution in [2.24, 2.45) is 0 Å². The van der Waals surface area contributed by atoms with E-state index >= 15 is 0 Å². The standard InChI is InChI=1S/C23H30N6O/c1-16-14-17(2)26-23(25-16)29-19(4)21(18(3)27-29)15-22(30)24-12-9-13-28(5)20-10-7-6-8-11-20/h6-8,10-11,14H,9,12-13,15H2,1-5H3,(H,24,30). The number of amides is 1. The number of aromatic nitrogens is 4. The van der Waals surface area contributed by atoms with E-state index < -0.39 is 0 Å². The lowest BCUT2D eigenvalue weighted by molar-refractivity contribution is -0.120. The molecule has 0 aliphatic carbocycles. The van der Waals surface area contributed by atoms with E-state index in [0.717, 1.165) is 41.3 Å². The zero-order valence-electron chi connectivity index (χ0n) is 18.4. The summed E-state index contributed by atoms with van der Waals surface area (Å²) in [6.45, 7) is 9.27. The van der Waals surface area contributed by atoms with Crippen LogP contribution in [0.1, 0.15) is 34.8 Å². The van der Waals surface area contributed by atoms with E-state index in [2.05, 4.69) is 44.5 Å². The van der Waals surface area contributed by atoms with Gasteiger partial charge in [-0.15, -0.1) is 0 Å². The van der Waals surface area contributed by atoms with E-state index in [0.29, 0.717) is 18.9 Å². The van der Waals surface area contributed by atoms with Crippen LogP contribution < -0.4 is 10.2 Å². The Bertz CT molecular complexity index is 992. The maximum atomic E-state index is 12.5. The van der Waals surface area contributed by atoms with Crippen molar-refractivity contribution >= 4 is 11.6 Å². The van der Waals surface area contributed by atoms with Crippen LogP contribution in [-0.4, -0.2) is 45.8 Å². The second kappa shape index (κ2) is 9.52. The predicted molar refractivity (Wildman–Crippen MR) is 119 cm³/mol. The summed E-state index contributed by atoms with van der Waals surface area (Å²) in [5, 5.41) is 7.60. The van der Waals surface area contributed by atoms with Crippen LogP contribution in [0.4, 0.5) is 5.69 Å². The van der Waals surface area contributed by atoms with E-state index in [4.69, 9.17) is 0 Å². The van der Waals surface area contributed by atoms with E-state index in [1.165, 1.54) is 5.69 Å². The number of carbonyl (C=O) groups is 1. The van der Waals surface area contributed by atoms with Gasteiger partial charge in [-0.1, -0.05) is 18.2 Å². The Morgan fingerprint density at radius 2 is 1.73 bits per heavy atom. The minimum Gasteiger partial charge on any atom is -0.375 e. The first kappa shape index (κ1) is 21.5. The van der Waals surface area contributed by atoms with Crippen LogP contribution in [0.5, 0.6) is 0 Å². The van der Waals surface area contributed by atoms with Crippen LogP contribution in [-0.2, 0) is 11.2 Å². The normalized spacial score (nSPS) is 10.8. The number of nitrogens with zero attached hydrogens (tertiary/aromatic N) is 5. The molecule has 7 nitrogen and oxygen atoms in total. The molecule has 30 heavy (non-hydrogen) atoms. The van der Waals surface area contributed by atoms with Crippen molar-refractivity contribution in [3.8, 4) is 5.95 Å². The maximum absolute atomic E-state index is 12.5. The fourth-order valence-electron chi connectivity index (χ4n) is 3.51. The minimum absolute atomic E-state index is 0.00413. The molecule has 3 aromatic rings. The summed E-state index contributed by atoms with van der Waals surface area (Å²) in [5.41, 5.74) is 5.62. The summed E-state index contributed by atoms with van der Waals surface area (Å²) in [7, 11) is 2.06. The molecule has 0 radical (unpaired) electrons. The SMILES string of the molecule is Cc1cc(C)nc(-n2nc(C)c(CC(=O)NCCCN(C)c3ccccc3)c2C)n1. The Kier molecular flexibility index (Phi) is 6.82. The van der Waals surface area contributed by atoms with Gasteiger partial charge in [-0.3, -0.25) is 4.79 Å². The van der Waals surface area contributed by atoms with Crippen molar-refractivity contribution in [1.29, 1.82) is 0 Å². The van der Waals surface area contributed by atoms with Crippen molar-refractivity contribution in [3.05, 3.63) is 64.7 Å². The lowest BCUT2D eigenvalue weighted by atomic mass is 10.1. The first-order valence-corrected chi connectivity index (χ1v) is 10.3. The molecule has 0 spiro atoms. The van der Waals surface area contributed by atoms with Gasteiger partial charge in [0.05, 0.1) is 12.1 Å². The highest BCUT2D eigenvalue weighted by atomic mass is 16.1. The lowest BCUT2D eigenvalue weighted by Gasteiger charge is -2.19. The zero-order chi connectivity index (χ0) is 21.7. The first-order chi connectivity index (χ1) is 14.3. The number of para-hydroxylation sites is 1. The molecule has 2 heterocycles. The number of aryl methyl sites for hydroxylation is 3. The van der Waals surface area contributed by atoms with E-state index in [1.807, 2.05) is 52.0 Å². The van der Waals surface area contributed by atoms with Gasteiger partial charge in [-0.2, -0.15) is 5.10 Å². The van der Waals surface area contributed by atoms with Gasteiger partial charge in [-0.25, -0.2) is 14.6 Å². The molecule has 0 bridgehead atoms. The summed E-state index contributed by atoms with van der Waals surface area (Å²) in [5.74, 6) is 0.549. The van der Waals surface area contributed by atoms with Gasteiger partial charge in [-0.05, 0) is 52.3 Å². The molecule has 1 aromatic carbocycles. The molecule has 3 rings (SSSR count). The van der Waals surface area contributed by atoms with Crippen molar-refractivity contribution < 1.29 is 4.79 Å². The second-order valence-electron chi connectivity index (χ2n) is 7.65. The third-order valence-electron chi connectivity index (χ3n) is 5.13. The van der Waals surface area contributed by atoms with Crippen molar-refractivity contribution in [2.45, 2.75) is 40.5 Å². The molecule has 0 fully saturated rings. The summed E-state index contributed by atoms with van der Waals surface area (Å²) in [6, 6.07) is 12.2. The highest BCUT2D eigenvalue weighted by Crippen LogP contribution is 2.17. The maximum Gasteiger partial charge on any atom is 0.251 e. The predicted octanol–water partition coefficient (Wildman–Crippen LogP) is 3.08.